The minimum atomic E-state index is -0.807. The van der Waals surface area contributed by atoms with E-state index < -0.39 is 24.6 Å². The van der Waals surface area contributed by atoms with Crippen molar-refractivity contribution in [2.45, 2.75) is 12.1 Å². The summed E-state index contributed by atoms with van der Waals surface area (Å²) in [6.45, 7) is 0. The van der Waals surface area contributed by atoms with Crippen LogP contribution in [0.25, 0.3) is 0 Å². The largest absolute Gasteiger partial charge is 0.321 e. The zero-order valence-electron chi connectivity index (χ0n) is 8.36. The standard InChI is InChI=1S/C6H12N2O2S2/c7-5(1-9)3-11-12-4-6(8)2-10/h1-2,5-6H,3-4,7-8H2/t5-,6-/m1/s1/i1D,2D. The first-order valence-corrected chi connectivity index (χ1v) is 5.70. The highest BCUT2D eigenvalue weighted by Gasteiger charge is 2.02. The monoisotopic (exact) mass is 210 g/mol. The van der Waals surface area contributed by atoms with Crippen LogP contribution < -0.4 is 11.5 Å². The smallest absolute Gasteiger partial charge is 0.137 e. The van der Waals surface area contributed by atoms with E-state index in [1.807, 2.05) is 0 Å². The molecule has 0 aromatic carbocycles. The molecule has 0 aromatic rings. The number of rotatable bonds is 7. The van der Waals surface area contributed by atoms with E-state index in [2.05, 4.69) is 0 Å². The predicted octanol–water partition coefficient (Wildman–Crippen LogP) is -0.580. The SMILES string of the molecule is [2H]C(=O)[C@@H](N)CSSC[C@H](N)C([2H])=O. The van der Waals surface area contributed by atoms with E-state index in [9.17, 15) is 9.59 Å². The Morgan fingerprint density at radius 2 is 1.50 bits per heavy atom. The van der Waals surface area contributed by atoms with Crippen LogP contribution in [0.1, 0.15) is 2.74 Å². The molecular weight excluding hydrogens is 196 g/mol. The number of hydrogen-bond acceptors (Lipinski definition) is 6. The Labute approximate surface area is 82.0 Å². The lowest BCUT2D eigenvalue weighted by atomic mass is 10.4. The van der Waals surface area contributed by atoms with Crippen LogP contribution in [0.5, 0.6) is 0 Å². The second-order valence-electron chi connectivity index (χ2n) is 2.02. The predicted molar refractivity (Wildman–Crippen MR) is 53.0 cm³/mol. The van der Waals surface area contributed by atoms with Gasteiger partial charge in [-0.25, -0.2) is 0 Å². The van der Waals surface area contributed by atoms with Crippen molar-refractivity contribution in [1.82, 2.24) is 0 Å². The number of carbonyl (C=O) groups excluding carboxylic acids is 2. The summed E-state index contributed by atoms with van der Waals surface area (Å²) < 4.78 is 13.4. The lowest BCUT2D eigenvalue weighted by Crippen LogP contribution is -2.25. The highest BCUT2D eigenvalue weighted by atomic mass is 33.1. The third-order valence-electron chi connectivity index (χ3n) is 0.881. The highest BCUT2D eigenvalue weighted by molar-refractivity contribution is 8.76. The first kappa shape index (κ1) is 8.55. The molecule has 0 spiro atoms. The molecule has 12 heavy (non-hydrogen) atoms. The van der Waals surface area contributed by atoms with Crippen LogP contribution in [0.4, 0.5) is 0 Å². The second-order valence-corrected chi connectivity index (χ2v) is 4.57. The minimum Gasteiger partial charge on any atom is -0.321 e. The quantitative estimate of drug-likeness (QED) is 0.332. The van der Waals surface area contributed by atoms with Crippen LogP contribution in [0.2, 0.25) is 0 Å². The van der Waals surface area contributed by atoms with Gasteiger partial charge >= 0.3 is 0 Å². The van der Waals surface area contributed by atoms with Crippen molar-refractivity contribution in [3.05, 3.63) is 0 Å². The van der Waals surface area contributed by atoms with Crippen LogP contribution in [-0.2, 0) is 9.59 Å². The molecule has 70 valence electrons. The van der Waals surface area contributed by atoms with Gasteiger partial charge in [-0.1, -0.05) is 21.6 Å². The maximum Gasteiger partial charge on any atom is 0.137 e. The first-order valence-electron chi connectivity index (χ1n) is 4.21. The lowest BCUT2D eigenvalue weighted by molar-refractivity contribution is -0.109. The maximum absolute atomic E-state index is 10.4. The van der Waals surface area contributed by atoms with Gasteiger partial charge < -0.3 is 21.1 Å². The van der Waals surface area contributed by atoms with Crippen molar-refractivity contribution in [2.75, 3.05) is 11.5 Å². The van der Waals surface area contributed by atoms with Crippen molar-refractivity contribution in [1.29, 1.82) is 0 Å². The maximum atomic E-state index is 10.4. The molecule has 0 radical (unpaired) electrons. The van der Waals surface area contributed by atoms with E-state index in [1.165, 1.54) is 21.6 Å². The van der Waals surface area contributed by atoms with Crippen LogP contribution in [0, 0.1) is 0 Å². The average Bonchev–Trinajstić information content (AvgIpc) is 2.11. The molecule has 0 unspecified atom stereocenters. The molecule has 4 nitrogen and oxygen atoms in total. The Bertz CT molecular complexity index is 196. The number of aldehydes is 2. The topological polar surface area (TPSA) is 86.2 Å². The third-order valence-corrected chi connectivity index (χ3v) is 3.35. The highest BCUT2D eigenvalue weighted by Crippen LogP contribution is 2.21. The summed E-state index contributed by atoms with van der Waals surface area (Å²) >= 11 is 0. The van der Waals surface area contributed by atoms with E-state index in [-0.39, 0.29) is 0 Å². The van der Waals surface area contributed by atoms with E-state index in [1.54, 1.807) is 0 Å². The van der Waals surface area contributed by atoms with Gasteiger partial charge in [0.25, 0.3) is 0 Å². The fraction of sp³-hybridized carbons (Fsp3) is 0.667. The molecule has 0 aromatic heterocycles. The third kappa shape index (κ3) is 6.66. The van der Waals surface area contributed by atoms with Crippen LogP contribution in [-0.4, -0.2) is 36.1 Å². The summed E-state index contributed by atoms with van der Waals surface area (Å²) in [5.74, 6) is 0.623. The van der Waals surface area contributed by atoms with Crippen LogP contribution in [0.15, 0.2) is 0 Å². The fourth-order valence-corrected chi connectivity index (χ4v) is 2.39. The van der Waals surface area contributed by atoms with Crippen LogP contribution >= 0.6 is 21.6 Å². The van der Waals surface area contributed by atoms with Gasteiger partial charge in [-0.15, -0.1) is 0 Å². The molecule has 0 heterocycles. The lowest BCUT2D eigenvalue weighted by Gasteiger charge is -2.04. The summed E-state index contributed by atoms with van der Waals surface area (Å²) in [4.78, 5) is 20.8. The van der Waals surface area contributed by atoms with Crippen molar-refractivity contribution >= 4 is 34.1 Å². The van der Waals surface area contributed by atoms with Gasteiger partial charge in [-0.05, 0) is 0 Å². The molecule has 4 N–H and O–H groups in total. The molecular formula is C6H12N2O2S2. The zero-order valence-corrected chi connectivity index (χ0v) is 7.99. The number of carbonyl (C=O) groups is 2. The minimum absolute atomic E-state index is 0.311. The van der Waals surface area contributed by atoms with E-state index in [0.717, 1.165) is 0 Å². The van der Waals surface area contributed by atoms with Crippen LogP contribution in [0.3, 0.4) is 0 Å². The van der Waals surface area contributed by atoms with Gasteiger partial charge in [0, 0.05) is 11.5 Å². The molecule has 0 amide bonds. The van der Waals surface area contributed by atoms with E-state index in [4.69, 9.17) is 14.2 Å². The first-order chi connectivity index (χ1) is 6.45. The molecule has 0 saturated carbocycles. The van der Waals surface area contributed by atoms with Gasteiger partial charge in [-0.3, -0.25) is 0 Å². The van der Waals surface area contributed by atoms with Gasteiger partial charge in [0.05, 0.1) is 12.1 Å². The van der Waals surface area contributed by atoms with Crippen molar-refractivity contribution in [3.63, 3.8) is 0 Å². The van der Waals surface area contributed by atoms with Crippen molar-refractivity contribution < 1.29 is 12.3 Å². The molecule has 0 aliphatic rings. The normalized spacial score (nSPS) is 17.5. The van der Waals surface area contributed by atoms with Gasteiger partial charge in [-0.2, -0.15) is 0 Å². The van der Waals surface area contributed by atoms with Gasteiger partial charge in [0.15, 0.2) is 0 Å². The molecule has 0 aliphatic heterocycles. The van der Waals surface area contributed by atoms with E-state index in [0.29, 0.717) is 11.5 Å². The molecule has 0 saturated heterocycles. The molecule has 0 aliphatic carbocycles. The Kier molecular flexibility index (Phi) is 5.42. The molecule has 0 fully saturated rings. The molecule has 2 atom stereocenters. The fourth-order valence-electron chi connectivity index (χ4n) is 0.311. The van der Waals surface area contributed by atoms with E-state index >= 15 is 0 Å². The second kappa shape index (κ2) is 7.60. The van der Waals surface area contributed by atoms with Gasteiger partial charge in [0.1, 0.15) is 15.3 Å². The zero-order chi connectivity index (χ0) is 11.1. The molecule has 6 heteroatoms. The summed E-state index contributed by atoms with van der Waals surface area (Å²) in [5, 5.41) is 0. The van der Waals surface area contributed by atoms with Gasteiger partial charge in [0.2, 0.25) is 0 Å². The summed E-state index contributed by atoms with van der Waals surface area (Å²) in [6, 6.07) is -1.59. The number of nitrogens with two attached hydrogens (primary N) is 2. The van der Waals surface area contributed by atoms with Crippen molar-refractivity contribution in [3.8, 4) is 0 Å². The Hall–Kier alpha value is -0.0400. The summed E-state index contributed by atoms with van der Waals surface area (Å²) in [7, 11) is 2.54. The van der Waals surface area contributed by atoms with Crippen molar-refractivity contribution in [2.24, 2.45) is 11.5 Å². The Morgan fingerprint density at radius 1 is 1.17 bits per heavy atom. The summed E-state index contributed by atoms with van der Waals surface area (Å²) in [5.41, 5.74) is 10.6. The Morgan fingerprint density at radius 3 is 1.75 bits per heavy atom. The molecule has 0 rings (SSSR count). The molecule has 0 bridgehead atoms. The average molecular weight is 210 g/mol. The summed E-state index contributed by atoms with van der Waals surface area (Å²) in [6.07, 6.45) is -1.61. The Balaban J connectivity index is 3.47. The number of hydrogen-bond donors (Lipinski definition) is 2.